The van der Waals surface area contributed by atoms with Crippen molar-refractivity contribution in [2.45, 2.75) is 23.6 Å². The molecule has 0 unspecified atom stereocenters. The Balaban J connectivity index is 1.83. The second-order valence-corrected chi connectivity index (χ2v) is 8.24. The monoisotopic (exact) mass is 343 g/mol. The maximum Gasteiger partial charge on any atom is 0.328 e. The van der Waals surface area contributed by atoms with Gasteiger partial charge in [0.1, 0.15) is 0 Å². The highest BCUT2D eigenvalue weighted by Crippen LogP contribution is 2.46. The molecule has 1 aromatic heterocycles. The molecule has 118 valence electrons. The summed E-state index contributed by atoms with van der Waals surface area (Å²) in [5, 5.41) is 0.376. The van der Waals surface area contributed by atoms with Crippen LogP contribution in [0.4, 0.5) is 0 Å². The van der Waals surface area contributed by atoms with Crippen molar-refractivity contribution in [3.63, 3.8) is 0 Å². The van der Waals surface area contributed by atoms with E-state index in [1.54, 1.807) is 24.3 Å². The molecular weight excluding hydrogens is 330 g/mol. The number of halogens is 1. The molecule has 2 aromatic rings. The van der Waals surface area contributed by atoms with Gasteiger partial charge in [-0.3, -0.25) is 9.36 Å². The van der Waals surface area contributed by atoms with Crippen molar-refractivity contribution < 1.29 is 8.42 Å². The molecule has 1 heterocycles. The summed E-state index contributed by atoms with van der Waals surface area (Å²) in [6.07, 6.45) is 0.806. The number of benzene rings is 1. The van der Waals surface area contributed by atoms with Gasteiger partial charge < -0.3 is 4.98 Å². The molecule has 0 atom stereocenters. The minimum Gasteiger partial charge on any atom is -0.307 e. The zero-order chi connectivity index (χ0) is 16.0. The molecule has 0 aliphatic heterocycles. The van der Waals surface area contributed by atoms with E-state index in [4.69, 9.17) is 11.6 Å². The standard InChI is InChI=1S/C13H14ClN3O4S/c14-13(5-6-13)22(20,21)15-7-8-17-11(18)9-3-1-2-4-10(9)16-12(17)19/h1-4,15H,5-8H2,(H,16,19). The fraction of sp³-hybridized carbons (Fsp3) is 0.385. The highest BCUT2D eigenvalue weighted by Gasteiger charge is 2.52. The van der Waals surface area contributed by atoms with Gasteiger partial charge in [-0.2, -0.15) is 0 Å². The van der Waals surface area contributed by atoms with Gasteiger partial charge in [-0.05, 0) is 25.0 Å². The number of para-hydroxylation sites is 1. The first kappa shape index (κ1) is 15.3. The third-order valence-electron chi connectivity index (χ3n) is 3.64. The second-order valence-electron chi connectivity index (χ2n) is 5.21. The van der Waals surface area contributed by atoms with Gasteiger partial charge in [-0.1, -0.05) is 12.1 Å². The zero-order valence-electron chi connectivity index (χ0n) is 11.5. The molecular formula is C13H14ClN3O4S. The van der Waals surface area contributed by atoms with Crippen molar-refractivity contribution in [1.29, 1.82) is 0 Å². The molecule has 7 nitrogen and oxygen atoms in total. The average molecular weight is 344 g/mol. The minimum absolute atomic E-state index is 0.0643. The van der Waals surface area contributed by atoms with Gasteiger partial charge in [0.05, 0.1) is 10.9 Å². The van der Waals surface area contributed by atoms with Gasteiger partial charge in [-0.25, -0.2) is 17.9 Å². The van der Waals surface area contributed by atoms with E-state index in [9.17, 15) is 18.0 Å². The van der Waals surface area contributed by atoms with Crippen molar-refractivity contribution in [2.24, 2.45) is 0 Å². The zero-order valence-corrected chi connectivity index (χ0v) is 13.1. The van der Waals surface area contributed by atoms with Crippen LogP contribution in [0.1, 0.15) is 12.8 Å². The van der Waals surface area contributed by atoms with Gasteiger partial charge >= 0.3 is 5.69 Å². The third-order valence-corrected chi connectivity index (χ3v) is 6.58. The van der Waals surface area contributed by atoms with Crippen LogP contribution in [0.2, 0.25) is 0 Å². The Labute approximate surface area is 131 Å². The molecule has 0 amide bonds. The average Bonchev–Trinajstić information content (AvgIpc) is 3.22. The SMILES string of the molecule is O=c1[nH]c2ccccc2c(=O)n1CCNS(=O)(=O)C1(Cl)CC1. The first-order valence-electron chi connectivity index (χ1n) is 6.74. The van der Waals surface area contributed by atoms with Crippen LogP contribution < -0.4 is 16.0 Å². The maximum absolute atomic E-state index is 12.3. The van der Waals surface area contributed by atoms with E-state index >= 15 is 0 Å². The maximum atomic E-state index is 12.3. The predicted octanol–water partition coefficient (Wildman–Crippen LogP) is 0.338. The Bertz CT molecular complexity index is 944. The molecule has 22 heavy (non-hydrogen) atoms. The molecule has 1 fully saturated rings. The lowest BCUT2D eigenvalue weighted by molar-refractivity contribution is 0.561. The number of alkyl halides is 1. The van der Waals surface area contributed by atoms with Crippen molar-refractivity contribution >= 4 is 32.5 Å². The summed E-state index contributed by atoms with van der Waals surface area (Å²) >= 11 is 5.87. The summed E-state index contributed by atoms with van der Waals surface area (Å²) < 4.78 is 25.8. The van der Waals surface area contributed by atoms with Crippen molar-refractivity contribution in [3.8, 4) is 0 Å². The van der Waals surface area contributed by atoms with Gasteiger partial charge in [0.2, 0.25) is 10.0 Å². The minimum atomic E-state index is -3.64. The Morgan fingerprint density at radius 1 is 1.27 bits per heavy atom. The summed E-state index contributed by atoms with van der Waals surface area (Å²) in [6.45, 7) is -0.136. The fourth-order valence-corrected chi connectivity index (χ4v) is 3.71. The molecule has 1 aromatic carbocycles. The molecule has 9 heteroatoms. The number of fused-ring (bicyclic) bond motifs is 1. The number of hydrogen-bond donors (Lipinski definition) is 2. The van der Waals surface area contributed by atoms with E-state index < -0.39 is 25.5 Å². The summed E-state index contributed by atoms with van der Waals surface area (Å²) in [4.78, 5) is 26.8. The highest BCUT2D eigenvalue weighted by atomic mass is 35.5. The summed E-state index contributed by atoms with van der Waals surface area (Å²) in [7, 11) is -3.64. The number of aromatic amines is 1. The summed E-state index contributed by atoms with van der Waals surface area (Å²) in [5.41, 5.74) is -0.576. The number of nitrogens with one attached hydrogen (secondary N) is 2. The Kier molecular flexibility index (Phi) is 3.62. The van der Waals surface area contributed by atoms with Gasteiger partial charge in [0.25, 0.3) is 5.56 Å². The van der Waals surface area contributed by atoms with Crippen LogP contribution in [0, 0.1) is 0 Å². The van der Waals surface area contributed by atoms with E-state index in [0.717, 1.165) is 4.57 Å². The number of nitrogens with zero attached hydrogens (tertiary/aromatic N) is 1. The largest absolute Gasteiger partial charge is 0.328 e. The first-order chi connectivity index (χ1) is 10.3. The fourth-order valence-electron chi connectivity index (χ4n) is 2.19. The molecule has 0 saturated heterocycles. The van der Waals surface area contributed by atoms with E-state index in [1.165, 1.54) is 0 Å². The lowest BCUT2D eigenvalue weighted by Gasteiger charge is -2.11. The van der Waals surface area contributed by atoms with Crippen molar-refractivity contribution in [3.05, 3.63) is 45.1 Å². The molecule has 0 spiro atoms. The molecule has 0 bridgehead atoms. The van der Waals surface area contributed by atoms with E-state index in [-0.39, 0.29) is 13.1 Å². The second kappa shape index (κ2) is 5.22. The van der Waals surface area contributed by atoms with Crippen LogP contribution in [-0.4, -0.2) is 28.7 Å². The molecule has 2 N–H and O–H groups in total. The number of rotatable bonds is 5. The van der Waals surface area contributed by atoms with Crippen LogP contribution in [0.25, 0.3) is 10.9 Å². The number of sulfonamides is 1. The molecule has 1 aliphatic carbocycles. The molecule has 0 radical (unpaired) electrons. The summed E-state index contributed by atoms with van der Waals surface area (Å²) in [5.74, 6) is 0. The van der Waals surface area contributed by atoms with Crippen LogP contribution in [-0.2, 0) is 16.6 Å². The normalized spacial score (nSPS) is 16.8. The highest BCUT2D eigenvalue weighted by molar-refractivity contribution is 7.92. The van der Waals surface area contributed by atoms with Gasteiger partial charge in [-0.15, -0.1) is 11.6 Å². The number of hydrogen-bond acceptors (Lipinski definition) is 4. The van der Waals surface area contributed by atoms with Crippen molar-refractivity contribution in [2.75, 3.05) is 6.54 Å². The van der Waals surface area contributed by atoms with Crippen LogP contribution >= 0.6 is 11.6 Å². The first-order valence-corrected chi connectivity index (χ1v) is 8.60. The summed E-state index contributed by atoms with van der Waals surface area (Å²) in [6, 6.07) is 6.65. The van der Waals surface area contributed by atoms with Gasteiger partial charge in [0, 0.05) is 13.1 Å². The Hall–Kier alpha value is -1.64. The van der Waals surface area contributed by atoms with Crippen molar-refractivity contribution in [1.82, 2.24) is 14.3 Å². The lowest BCUT2D eigenvalue weighted by atomic mass is 10.2. The predicted molar refractivity (Wildman–Crippen MR) is 83.6 cm³/mol. The third kappa shape index (κ3) is 2.57. The Morgan fingerprint density at radius 3 is 2.64 bits per heavy atom. The quantitative estimate of drug-likeness (QED) is 0.764. The van der Waals surface area contributed by atoms with Crippen LogP contribution in [0.3, 0.4) is 0 Å². The molecule has 1 saturated carbocycles. The van der Waals surface area contributed by atoms with E-state index in [1.807, 2.05) is 0 Å². The van der Waals surface area contributed by atoms with Crippen LogP contribution in [0.15, 0.2) is 33.9 Å². The number of aromatic nitrogens is 2. The Morgan fingerprint density at radius 2 is 1.95 bits per heavy atom. The smallest absolute Gasteiger partial charge is 0.307 e. The van der Waals surface area contributed by atoms with Crippen LogP contribution in [0.5, 0.6) is 0 Å². The molecule has 3 rings (SSSR count). The van der Waals surface area contributed by atoms with Gasteiger partial charge in [0.15, 0.2) is 4.21 Å². The van der Waals surface area contributed by atoms with E-state index in [2.05, 4.69) is 9.71 Å². The number of H-pyrrole nitrogens is 1. The molecule has 1 aliphatic rings. The van der Waals surface area contributed by atoms with E-state index in [0.29, 0.717) is 23.7 Å². The lowest BCUT2D eigenvalue weighted by Crippen LogP contribution is -2.40. The topological polar surface area (TPSA) is 101 Å².